The van der Waals surface area contributed by atoms with Gasteiger partial charge in [-0.2, -0.15) is 0 Å². The molecule has 8 heteroatoms. The maximum absolute atomic E-state index is 12.5. The summed E-state index contributed by atoms with van der Waals surface area (Å²) >= 11 is 1.37. The van der Waals surface area contributed by atoms with Crippen LogP contribution in [0.5, 0.6) is 0 Å². The molecule has 2 amide bonds. The largest absolute Gasteiger partial charge is 0.450 e. The molecule has 23 heavy (non-hydrogen) atoms. The monoisotopic (exact) mass is 332 g/mol. The standard InChI is InChI=1S/C15H16N4O3S/c1-2-22-15(21)18-14-17-11-5-7-19(9-12(11)23-14)13(20)10-4-3-6-16-8-10/h3-4,6,8H,2,5,7,9H2,1H3,(H,17,18,21). The predicted octanol–water partition coefficient (Wildman–Crippen LogP) is 2.31. The van der Waals surface area contributed by atoms with Crippen LogP contribution in [0, 0.1) is 0 Å². The molecule has 0 aromatic carbocycles. The van der Waals surface area contributed by atoms with Crippen molar-refractivity contribution in [2.75, 3.05) is 18.5 Å². The van der Waals surface area contributed by atoms with E-state index in [0.29, 0.717) is 36.8 Å². The summed E-state index contributed by atoms with van der Waals surface area (Å²) in [7, 11) is 0. The maximum Gasteiger partial charge on any atom is 0.413 e. The third-order valence-corrected chi connectivity index (χ3v) is 4.41. The molecule has 0 unspecified atom stereocenters. The van der Waals surface area contributed by atoms with Gasteiger partial charge in [-0.05, 0) is 19.1 Å². The zero-order valence-corrected chi connectivity index (χ0v) is 13.4. The van der Waals surface area contributed by atoms with Crippen LogP contribution in [0.3, 0.4) is 0 Å². The maximum atomic E-state index is 12.5. The number of carbonyl (C=O) groups excluding carboxylic acids is 2. The van der Waals surface area contributed by atoms with Crippen molar-refractivity contribution < 1.29 is 14.3 Å². The molecule has 0 spiro atoms. The van der Waals surface area contributed by atoms with E-state index in [9.17, 15) is 9.59 Å². The highest BCUT2D eigenvalue weighted by Crippen LogP contribution is 2.29. The number of fused-ring (bicyclic) bond motifs is 1. The van der Waals surface area contributed by atoms with Crippen LogP contribution in [0.2, 0.25) is 0 Å². The van der Waals surface area contributed by atoms with Crippen LogP contribution in [0.25, 0.3) is 0 Å². The second-order valence-electron chi connectivity index (χ2n) is 4.95. The van der Waals surface area contributed by atoms with Crippen LogP contribution in [0.1, 0.15) is 27.9 Å². The van der Waals surface area contributed by atoms with Gasteiger partial charge in [-0.3, -0.25) is 15.1 Å². The summed E-state index contributed by atoms with van der Waals surface area (Å²) in [5.74, 6) is -0.0444. The van der Waals surface area contributed by atoms with E-state index in [-0.39, 0.29) is 5.91 Å². The summed E-state index contributed by atoms with van der Waals surface area (Å²) in [6.07, 6.45) is 3.37. The Morgan fingerprint density at radius 2 is 2.35 bits per heavy atom. The normalized spacial score (nSPS) is 13.3. The smallest absolute Gasteiger partial charge is 0.413 e. The average Bonchev–Trinajstić information content (AvgIpc) is 2.96. The first kappa shape index (κ1) is 15.4. The van der Waals surface area contributed by atoms with Crippen molar-refractivity contribution >= 4 is 28.5 Å². The third kappa shape index (κ3) is 3.48. The molecule has 3 rings (SSSR count). The molecule has 7 nitrogen and oxygen atoms in total. The summed E-state index contributed by atoms with van der Waals surface area (Å²) in [6, 6.07) is 3.50. The van der Waals surface area contributed by atoms with Gasteiger partial charge in [-0.25, -0.2) is 9.78 Å². The molecule has 0 bridgehead atoms. The number of ether oxygens (including phenoxy) is 1. The first-order valence-electron chi connectivity index (χ1n) is 7.29. The van der Waals surface area contributed by atoms with Crippen LogP contribution >= 0.6 is 11.3 Å². The lowest BCUT2D eigenvalue weighted by molar-refractivity contribution is 0.0735. The molecule has 3 heterocycles. The minimum Gasteiger partial charge on any atom is -0.450 e. The molecule has 0 saturated carbocycles. The van der Waals surface area contributed by atoms with Gasteiger partial charge in [0, 0.05) is 30.2 Å². The Labute approximate surface area is 137 Å². The van der Waals surface area contributed by atoms with Crippen molar-refractivity contribution in [2.24, 2.45) is 0 Å². The predicted molar refractivity (Wildman–Crippen MR) is 85.4 cm³/mol. The van der Waals surface area contributed by atoms with Gasteiger partial charge in [0.05, 0.1) is 24.4 Å². The van der Waals surface area contributed by atoms with E-state index < -0.39 is 6.09 Å². The van der Waals surface area contributed by atoms with Crippen molar-refractivity contribution in [3.05, 3.63) is 40.7 Å². The lowest BCUT2D eigenvalue weighted by Crippen LogP contribution is -2.35. The summed E-state index contributed by atoms with van der Waals surface area (Å²) in [5, 5.41) is 3.11. The number of thiazole rings is 1. The molecule has 1 N–H and O–H groups in total. The van der Waals surface area contributed by atoms with E-state index in [2.05, 4.69) is 15.3 Å². The van der Waals surface area contributed by atoms with Crippen molar-refractivity contribution in [3.63, 3.8) is 0 Å². The lowest BCUT2D eigenvalue weighted by atomic mass is 10.1. The van der Waals surface area contributed by atoms with Gasteiger partial charge < -0.3 is 9.64 Å². The van der Waals surface area contributed by atoms with Gasteiger partial charge in [0.25, 0.3) is 5.91 Å². The fourth-order valence-electron chi connectivity index (χ4n) is 2.35. The van der Waals surface area contributed by atoms with E-state index in [1.54, 1.807) is 36.4 Å². The van der Waals surface area contributed by atoms with Crippen LogP contribution in [0.4, 0.5) is 9.93 Å². The number of amides is 2. The minimum absolute atomic E-state index is 0.0444. The number of hydrogen-bond acceptors (Lipinski definition) is 6. The van der Waals surface area contributed by atoms with Crippen molar-refractivity contribution in [2.45, 2.75) is 19.9 Å². The van der Waals surface area contributed by atoms with Crippen LogP contribution in [0.15, 0.2) is 24.5 Å². The Hall–Kier alpha value is -2.48. The first-order chi connectivity index (χ1) is 11.2. The zero-order chi connectivity index (χ0) is 16.2. The highest BCUT2D eigenvalue weighted by Gasteiger charge is 2.25. The van der Waals surface area contributed by atoms with Crippen molar-refractivity contribution in [1.82, 2.24) is 14.9 Å². The van der Waals surface area contributed by atoms with E-state index in [1.807, 2.05) is 0 Å². The van der Waals surface area contributed by atoms with E-state index in [4.69, 9.17) is 4.74 Å². The Morgan fingerprint density at radius 3 is 3.09 bits per heavy atom. The minimum atomic E-state index is -0.512. The van der Waals surface area contributed by atoms with Gasteiger partial charge in [-0.15, -0.1) is 0 Å². The zero-order valence-electron chi connectivity index (χ0n) is 12.6. The molecule has 1 aliphatic rings. The van der Waals surface area contributed by atoms with Crippen LogP contribution in [-0.4, -0.2) is 40.0 Å². The SMILES string of the molecule is CCOC(=O)Nc1nc2c(s1)CN(C(=O)c1cccnc1)CC2. The lowest BCUT2D eigenvalue weighted by Gasteiger charge is -2.25. The molecule has 0 aliphatic carbocycles. The van der Waals surface area contributed by atoms with Gasteiger partial charge in [0.2, 0.25) is 0 Å². The Morgan fingerprint density at radius 1 is 1.48 bits per heavy atom. The fourth-order valence-corrected chi connectivity index (χ4v) is 3.36. The number of pyridine rings is 1. The molecular formula is C15H16N4O3S. The van der Waals surface area contributed by atoms with Crippen LogP contribution < -0.4 is 5.32 Å². The second kappa shape index (κ2) is 6.74. The molecule has 0 atom stereocenters. The van der Waals surface area contributed by atoms with Gasteiger partial charge in [0.1, 0.15) is 0 Å². The summed E-state index contributed by atoms with van der Waals surface area (Å²) in [5.41, 5.74) is 1.50. The number of aromatic nitrogens is 2. The van der Waals surface area contributed by atoms with Crippen LogP contribution in [-0.2, 0) is 17.7 Å². The fraction of sp³-hybridized carbons (Fsp3) is 0.333. The summed E-state index contributed by atoms with van der Waals surface area (Å²) in [6.45, 7) is 3.15. The molecule has 0 fully saturated rings. The molecule has 2 aromatic heterocycles. The number of rotatable bonds is 3. The van der Waals surface area contributed by atoms with E-state index >= 15 is 0 Å². The molecule has 0 saturated heterocycles. The highest BCUT2D eigenvalue weighted by atomic mass is 32.1. The molecule has 2 aromatic rings. The quantitative estimate of drug-likeness (QED) is 0.932. The topological polar surface area (TPSA) is 84.4 Å². The van der Waals surface area contributed by atoms with Crippen molar-refractivity contribution in [1.29, 1.82) is 0 Å². The molecule has 120 valence electrons. The second-order valence-corrected chi connectivity index (χ2v) is 6.04. The first-order valence-corrected chi connectivity index (χ1v) is 8.10. The number of carbonyl (C=O) groups is 2. The average molecular weight is 332 g/mol. The van der Waals surface area contributed by atoms with Crippen molar-refractivity contribution in [3.8, 4) is 0 Å². The third-order valence-electron chi connectivity index (χ3n) is 3.41. The molecule has 1 aliphatic heterocycles. The van der Waals surface area contributed by atoms with E-state index in [1.165, 1.54) is 11.3 Å². The van der Waals surface area contributed by atoms with Gasteiger partial charge >= 0.3 is 6.09 Å². The van der Waals surface area contributed by atoms with Gasteiger partial charge in [0.15, 0.2) is 5.13 Å². The Bertz CT molecular complexity index is 717. The molecule has 0 radical (unpaired) electrons. The van der Waals surface area contributed by atoms with E-state index in [0.717, 1.165) is 10.6 Å². The van der Waals surface area contributed by atoms with Gasteiger partial charge in [-0.1, -0.05) is 11.3 Å². The summed E-state index contributed by atoms with van der Waals surface area (Å²) < 4.78 is 4.84. The molecular weight excluding hydrogens is 316 g/mol. The number of nitrogens with zero attached hydrogens (tertiary/aromatic N) is 3. The number of anilines is 1. The number of nitrogens with one attached hydrogen (secondary N) is 1. The number of hydrogen-bond donors (Lipinski definition) is 1. The Kier molecular flexibility index (Phi) is 4.52. The Balaban J connectivity index is 1.70. The summed E-state index contributed by atoms with van der Waals surface area (Å²) in [4.78, 5) is 35.0. The highest BCUT2D eigenvalue weighted by molar-refractivity contribution is 7.15.